The van der Waals surface area contributed by atoms with E-state index in [1.165, 1.54) is 33.3 Å². The summed E-state index contributed by atoms with van der Waals surface area (Å²) >= 11 is 1.62. The van der Waals surface area contributed by atoms with Crippen LogP contribution in [-0.4, -0.2) is 15.6 Å². The van der Waals surface area contributed by atoms with Gasteiger partial charge >= 0.3 is 5.97 Å². The van der Waals surface area contributed by atoms with Crippen molar-refractivity contribution in [2.45, 2.75) is 23.3 Å². The Morgan fingerprint density at radius 1 is 0.818 bits per heavy atom. The SMILES string of the molecule is Cc1c(Sc2cccc(C(=O)O)c2)c2ccc(-c3ccccc3)cc2n1Cc1ccccc1. The summed E-state index contributed by atoms with van der Waals surface area (Å²) in [6, 6.07) is 34.6. The maximum atomic E-state index is 11.5. The minimum atomic E-state index is -0.909. The maximum Gasteiger partial charge on any atom is 0.335 e. The summed E-state index contributed by atoms with van der Waals surface area (Å²) in [4.78, 5) is 13.5. The Morgan fingerprint density at radius 2 is 1.55 bits per heavy atom. The van der Waals surface area contributed by atoms with E-state index in [0.717, 1.165) is 16.3 Å². The van der Waals surface area contributed by atoms with E-state index >= 15 is 0 Å². The van der Waals surface area contributed by atoms with E-state index in [2.05, 4.69) is 78.2 Å². The maximum absolute atomic E-state index is 11.5. The number of benzene rings is 4. The Balaban J connectivity index is 1.65. The molecule has 0 saturated heterocycles. The topological polar surface area (TPSA) is 42.2 Å². The molecule has 0 radical (unpaired) electrons. The molecule has 3 nitrogen and oxygen atoms in total. The summed E-state index contributed by atoms with van der Waals surface area (Å²) < 4.78 is 2.36. The van der Waals surface area contributed by atoms with Crippen LogP contribution < -0.4 is 0 Å². The van der Waals surface area contributed by atoms with E-state index in [9.17, 15) is 9.90 Å². The smallest absolute Gasteiger partial charge is 0.335 e. The van der Waals surface area contributed by atoms with Gasteiger partial charge in [0.05, 0.1) is 11.1 Å². The molecule has 5 rings (SSSR count). The van der Waals surface area contributed by atoms with Crippen LogP contribution in [0.3, 0.4) is 0 Å². The van der Waals surface area contributed by atoms with Crippen molar-refractivity contribution in [1.29, 1.82) is 0 Å². The summed E-state index contributed by atoms with van der Waals surface area (Å²) in [5.41, 5.74) is 6.26. The third kappa shape index (κ3) is 4.30. The monoisotopic (exact) mass is 449 g/mol. The van der Waals surface area contributed by atoms with Crippen LogP contribution in [0, 0.1) is 6.92 Å². The van der Waals surface area contributed by atoms with Crippen LogP contribution in [0.25, 0.3) is 22.0 Å². The van der Waals surface area contributed by atoms with Gasteiger partial charge in [-0.3, -0.25) is 0 Å². The van der Waals surface area contributed by atoms with Gasteiger partial charge in [-0.2, -0.15) is 0 Å². The lowest BCUT2D eigenvalue weighted by Gasteiger charge is -2.10. The predicted molar refractivity (Wildman–Crippen MR) is 135 cm³/mol. The Kier molecular flexibility index (Phi) is 5.76. The number of fused-ring (bicyclic) bond motifs is 1. The molecule has 4 aromatic carbocycles. The average Bonchev–Trinajstić information content (AvgIpc) is 3.10. The molecule has 0 aliphatic heterocycles. The van der Waals surface area contributed by atoms with E-state index < -0.39 is 5.97 Å². The van der Waals surface area contributed by atoms with Gasteiger partial charge in [0.15, 0.2) is 0 Å². The molecule has 33 heavy (non-hydrogen) atoms. The van der Waals surface area contributed by atoms with Crippen LogP contribution in [0.4, 0.5) is 0 Å². The van der Waals surface area contributed by atoms with E-state index in [1.807, 2.05) is 18.2 Å². The van der Waals surface area contributed by atoms with Gasteiger partial charge in [-0.05, 0) is 47.9 Å². The van der Waals surface area contributed by atoms with Crippen molar-refractivity contribution in [3.8, 4) is 11.1 Å². The number of carboxylic acids is 1. The number of carboxylic acid groups (broad SMARTS) is 1. The van der Waals surface area contributed by atoms with Crippen LogP contribution in [0.5, 0.6) is 0 Å². The quantitative estimate of drug-likeness (QED) is 0.292. The Morgan fingerprint density at radius 3 is 2.27 bits per heavy atom. The van der Waals surface area contributed by atoms with E-state index in [-0.39, 0.29) is 0 Å². The van der Waals surface area contributed by atoms with Crippen molar-refractivity contribution in [1.82, 2.24) is 4.57 Å². The van der Waals surface area contributed by atoms with Gasteiger partial charge in [0.2, 0.25) is 0 Å². The molecule has 0 bridgehead atoms. The Labute approximate surface area is 197 Å². The number of nitrogens with zero attached hydrogens (tertiary/aromatic N) is 1. The molecule has 162 valence electrons. The highest BCUT2D eigenvalue weighted by Gasteiger charge is 2.17. The molecule has 4 heteroatoms. The lowest BCUT2D eigenvalue weighted by Crippen LogP contribution is -2.01. The fraction of sp³-hybridized carbons (Fsp3) is 0.0690. The molecule has 0 unspecified atom stereocenters. The standard InChI is InChI=1S/C29H23NO2S/c1-20-28(33-25-14-8-13-24(17-25)29(31)32)26-16-15-23(22-11-6-3-7-12-22)18-27(26)30(20)19-21-9-4-2-5-10-21/h2-18H,19H2,1H3,(H,31,32). The minimum absolute atomic E-state index is 0.303. The fourth-order valence-electron chi connectivity index (χ4n) is 4.16. The molecule has 0 spiro atoms. The molecular formula is C29H23NO2S. The molecule has 0 aliphatic carbocycles. The van der Waals surface area contributed by atoms with Gasteiger partial charge in [-0.15, -0.1) is 0 Å². The van der Waals surface area contributed by atoms with E-state index in [1.54, 1.807) is 30.0 Å². The van der Waals surface area contributed by atoms with Crippen molar-refractivity contribution in [2.24, 2.45) is 0 Å². The molecule has 1 aromatic heterocycles. The zero-order valence-corrected chi connectivity index (χ0v) is 19.0. The molecular weight excluding hydrogens is 426 g/mol. The third-order valence-electron chi connectivity index (χ3n) is 5.86. The predicted octanol–water partition coefficient (Wildman–Crippen LogP) is 7.51. The minimum Gasteiger partial charge on any atom is -0.478 e. The van der Waals surface area contributed by atoms with Crippen LogP contribution >= 0.6 is 11.8 Å². The fourth-order valence-corrected chi connectivity index (χ4v) is 5.27. The molecule has 0 atom stereocenters. The lowest BCUT2D eigenvalue weighted by molar-refractivity contribution is 0.0696. The lowest BCUT2D eigenvalue weighted by atomic mass is 10.0. The number of hydrogen-bond donors (Lipinski definition) is 1. The summed E-state index contributed by atoms with van der Waals surface area (Å²) in [5, 5.41) is 10.6. The van der Waals surface area contributed by atoms with Gasteiger partial charge in [-0.1, -0.05) is 90.6 Å². The molecule has 0 amide bonds. The van der Waals surface area contributed by atoms with Crippen molar-refractivity contribution >= 4 is 28.6 Å². The van der Waals surface area contributed by atoms with Gasteiger partial charge < -0.3 is 9.67 Å². The number of hydrogen-bond acceptors (Lipinski definition) is 2. The van der Waals surface area contributed by atoms with Crippen LogP contribution in [0.1, 0.15) is 21.6 Å². The second-order valence-electron chi connectivity index (χ2n) is 8.02. The van der Waals surface area contributed by atoms with Gasteiger partial charge in [0.25, 0.3) is 0 Å². The summed E-state index contributed by atoms with van der Waals surface area (Å²) in [7, 11) is 0. The highest BCUT2D eigenvalue weighted by atomic mass is 32.2. The second kappa shape index (κ2) is 9.00. The first-order valence-electron chi connectivity index (χ1n) is 10.8. The largest absolute Gasteiger partial charge is 0.478 e. The molecule has 1 heterocycles. The Hall–Kier alpha value is -3.76. The number of aromatic carboxylic acids is 1. The Bertz CT molecular complexity index is 1440. The molecule has 0 saturated carbocycles. The zero-order chi connectivity index (χ0) is 22.8. The average molecular weight is 450 g/mol. The van der Waals surface area contributed by atoms with Crippen molar-refractivity contribution < 1.29 is 9.90 Å². The number of rotatable bonds is 6. The third-order valence-corrected chi connectivity index (χ3v) is 7.07. The molecule has 5 aromatic rings. The zero-order valence-electron chi connectivity index (χ0n) is 18.2. The highest BCUT2D eigenvalue weighted by molar-refractivity contribution is 7.99. The molecule has 1 N–H and O–H groups in total. The first-order valence-corrected chi connectivity index (χ1v) is 11.7. The first-order chi connectivity index (χ1) is 16.1. The van der Waals surface area contributed by atoms with Gasteiger partial charge in [-0.25, -0.2) is 4.79 Å². The molecule has 0 fully saturated rings. The normalized spacial score (nSPS) is 11.1. The number of carbonyl (C=O) groups is 1. The van der Waals surface area contributed by atoms with Crippen LogP contribution in [-0.2, 0) is 6.54 Å². The van der Waals surface area contributed by atoms with Crippen LogP contribution in [0.2, 0.25) is 0 Å². The summed E-state index contributed by atoms with van der Waals surface area (Å²) in [6.45, 7) is 2.92. The van der Waals surface area contributed by atoms with Gasteiger partial charge in [0, 0.05) is 27.4 Å². The summed E-state index contributed by atoms with van der Waals surface area (Å²) in [6.07, 6.45) is 0. The second-order valence-corrected chi connectivity index (χ2v) is 9.10. The number of aromatic nitrogens is 1. The van der Waals surface area contributed by atoms with E-state index in [4.69, 9.17) is 0 Å². The molecule has 0 aliphatic rings. The first kappa shape index (κ1) is 21.1. The summed E-state index contributed by atoms with van der Waals surface area (Å²) in [5.74, 6) is -0.909. The van der Waals surface area contributed by atoms with E-state index in [0.29, 0.717) is 5.56 Å². The van der Waals surface area contributed by atoms with Crippen molar-refractivity contribution in [3.63, 3.8) is 0 Å². The van der Waals surface area contributed by atoms with Gasteiger partial charge in [0.1, 0.15) is 0 Å². The van der Waals surface area contributed by atoms with Crippen molar-refractivity contribution in [3.05, 3.63) is 120 Å². The highest BCUT2D eigenvalue weighted by Crippen LogP contribution is 2.40. The van der Waals surface area contributed by atoms with Crippen LogP contribution in [0.15, 0.2) is 113 Å². The van der Waals surface area contributed by atoms with Crippen molar-refractivity contribution in [2.75, 3.05) is 0 Å².